The molecule has 3 aliphatic rings. The van der Waals surface area contributed by atoms with Gasteiger partial charge in [-0.3, -0.25) is 0 Å². The summed E-state index contributed by atoms with van der Waals surface area (Å²) in [5, 5.41) is 2.49. The van der Waals surface area contributed by atoms with Gasteiger partial charge < -0.3 is 15.1 Å². The van der Waals surface area contributed by atoms with Crippen LogP contribution >= 0.6 is 0 Å². The van der Waals surface area contributed by atoms with Crippen LogP contribution in [0.5, 0.6) is 0 Å². The average molecular weight is 266 g/mol. The Labute approximate surface area is 118 Å². The zero-order chi connectivity index (χ0) is 13.1. The first-order valence-electron chi connectivity index (χ1n) is 8.48. The van der Waals surface area contributed by atoms with Crippen molar-refractivity contribution >= 4 is 0 Å². The molecule has 0 aliphatic carbocycles. The molecule has 3 fully saturated rings. The molecule has 3 rings (SSSR count). The molecule has 3 heterocycles. The van der Waals surface area contributed by atoms with Gasteiger partial charge in [-0.15, -0.1) is 0 Å². The average Bonchev–Trinajstić information content (AvgIpc) is 2.46. The van der Waals surface area contributed by atoms with Gasteiger partial charge in [-0.2, -0.15) is 0 Å². The summed E-state index contributed by atoms with van der Waals surface area (Å²) in [7, 11) is 2.28. The van der Waals surface area contributed by atoms with E-state index in [1.807, 2.05) is 0 Å². The van der Waals surface area contributed by atoms with Gasteiger partial charge in [0, 0.05) is 19.4 Å². The Kier molecular flexibility index (Phi) is 4.45. The molecule has 19 heavy (non-hydrogen) atoms. The lowest BCUT2D eigenvalue weighted by Crippen LogP contribution is -2.86. The standard InChI is InChI=1S/C16H31N3/c1-18-10-4-16(5-11-18)6-12-19(13-7-16)14-15-2-8-17-9-3-15/h15,17H,2-14H2,1H3/p+1. The molecule has 0 atom stereocenters. The van der Waals surface area contributed by atoms with E-state index in [0.29, 0.717) is 0 Å². The molecule has 1 spiro atoms. The molecule has 0 amide bonds. The molecule has 3 saturated heterocycles. The maximum atomic E-state index is 2.78. The Morgan fingerprint density at radius 2 is 1.53 bits per heavy atom. The highest BCUT2D eigenvalue weighted by atomic mass is 15.1. The second-order valence-corrected chi connectivity index (χ2v) is 7.41. The van der Waals surface area contributed by atoms with Gasteiger partial charge >= 0.3 is 0 Å². The van der Waals surface area contributed by atoms with Crippen molar-refractivity contribution in [3.05, 3.63) is 0 Å². The second-order valence-electron chi connectivity index (χ2n) is 7.41. The number of likely N-dealkylation sites (tertiary alicyclic amines) is 2. The fraction of sp³-hybridized carbons (Fsp3) is 1.00. The minimum Gasteiger partial charge on any atom is -0.346 e. The van der Waals surface area contributed by atoms with E-state index in [9.17, 15) is 0 Å². The van der Waals surface area contributed by atoms with Gasteiger partial charge in [-0.1, -0.05) is 0 Å². The number of hydrogen-bond donors (Lipinski definition) is 1. The summed E-state index contributed by atoms with van der Waals surface area (Å²) in [5.74, 6) is 0.997. The van der Waals surface area contributed by atoms with Crippen LogP contribution in [0.4, 0.5) is 0 Å². The minimum atomic E-state index is 0.726. The number of hydrogen-bond acceptors (Lipinski definition) is 2. The van der Waals surface area contributed by atoms with Gasteiger partial charge in [0.05, 0.1) is 13.1 Å². The Bertz CT molecular complexity index is 268. The van der Waals surface area contributed by atoms with Crippen molar-refractivity contribution < 1.29 is 5.32 Å². The van der Waals surface area contributed by atoms with E-state index in [1.165, 1.54) is 84.3 Å². The number of nitrogens with zero attached hydrogens (tertiary/aromatic N) is 2. The third-order valence-electron chi connectivity index (χ3n) is 6.04. The van der Waals surface area contributed by atoms with Gasteiger partial charge in [0.25, 0.3) is 0 Å². The van der Waals surface area contributed by atoms with Crippen molar-refractivity contribution in [3.8, 4) is 0 Å². The largest absolute Gasteiger partial charge is 0.346 e. The molecular formula is C16H32N3+. The molecule has 0 unspecified atom stereocenters. The SMILES string of the molecule is CN1CCC2(CC1)CCN(CC1CC[NH2+]CC1)CC2. The van der Waals surface area contributed by atoms with Crippen LogP contribution in [0.1, 0.15) is 38.5 Å². The number of nitrogens with two attached hydrogens (primary N) is 1. The molecule has 0 bridgehead atoms. The third kappa shape index (κ3) is 3.50. The van der Waals surface area contributed by atoms with E-state index in [4.69, 9.17) is 0 Å². The molecule has 0 radical (unpaired) electrons. The summed E-state index contributed by atoms with van der Waals surface area (Å²) in [4.78, 5) is 5.29. The molecule has 0 aromatic carbocycles. The molecule has 0 aromatic heterocycles. The number of piperidine rings is 3. The Balaban J connectivity index is 1.44. The summed E-state index contributed by atoms with van der Waals surface area (Å²) in [6.45, 7) is 9.55. The van der Waals surface area contributed by atoms with Crippen molar-refractivity contribution in [2.45, 2.75) is 38.5 Å². The Morgan fingerprint density at radius 1 is 0.947 bits per heavy atom. The van der Waals surface area contributed by atoms with Crippen LogP contribution in [0.3, 0.4) is 0 Å². The van der Waals surface area contributed by atoms with E-state index < -0.39 is 0 Å². The van der Waals surface area contributed by atoms with Crippen molar-refractivity contribution in [1.29, 1.82) is 0 Å². The summed E-state index contributed by atoms with van der Waals surface area (Å²) in [5.41, 5.74) is 0.726. The topological polar surface area (TPSA) is 23.1 Å². The summed E-state index contributed by atoms with van der Waals surface area (Å²) < 4.78 is 0. The van der Waals surface area contributed by atoms with Gasteiger partial charge in [0.1, 0.15) is 0 Å². The predicted octanol–water partition coefficient (Wildman–Crippen LogP) is 0.768. The van der Waals surface area contributed by atoms with Crippen LogP contribution in [-0.4, -0.2) is 62.7 Å². The minimum absolute atomic E-state index is 0.726. The van der Waals surface area contributed by atoms with Gasteiger partial charge in [0.2, 0.25) is 0 Å². The van der Waals surface area contributed by atoms with Crippen LogP contribution in [0, 0.1) is 11.3 Å². The lowest BCUT2D eigenvalue weighted by atomic mass is 9.71. The van der Waals surface area contributed by atoms with Crippen LogP contribution < -0.4 is 5.32 Å². The van der Waals surface area contributed by atoms with E-state index in [-0.39, 0.29) is 0 Å². The molecule has 0 saturated carbocycles. The summed E-state index contributed by atoms with van der Waals surface area (Å²) >= 11 is 0. The molecular weight excluding hydrogens is 234 g/mol. The zero-order valence-corrected chi connectivity index (χ0v) is 12.7. The summed E-state index contributed by atoms with van der Waals surface area (Å²) in [6.07, 6.45) is 8.75. The molecule has 0 aromatic rings. The summed E-state index contributed by atoms with van der Waals surface area (Å²) in [6, 6.07) is 0. The van der Waals surface area contributed by atoms with Crippen LogP contribution in [0.2, 0.25) is 0 Å². The molecule has 2 N–H and O–H groups in total. The first-order chi connectivity index (χ1) is 9.26. The molecule has 3 aliphatic heterocycles. The van der Waals surface area contributed by atoms with Crippen molar-refractivity contribution in [2.24, 2.45) is 11.3 Å². The Hall–Kier alpha value is -0.120. The quantitative estimate of drug-likeness (QED) is 0.798. The van der Waals surface area contributed by atoms with Gasteiger partial charge in [-0.25, -0.2) is 0 Å². The highest BCUT2D eigenvalue weighted by Crippen LogP contribution is 2.41. The highest BCUT2D eigenvalue weighted by molar-refractivity contribution is 4.90. The second kappa shape index (κ2) is 6.11. The van der Waals surface area contributed by atoms with E-state index in [1.54, 1.807) is 0 Å². The van der Waals surface area contributed by atoms with E-state index >= 15 is 0 Å². The number of rotatable bonds is 2. The van der Waals surface area contributed by atoms with Gasteiger partial charge in [-0.05, 0) is 70.2 Å². The predicted molar refractivity (Wildman–Crippen MR) is 79.2 cm³/mol. The maximum Gasteiger partial charge on any atom is 0.0758 e. The monoisotopic (exact) mass is 266 g/mol. The van der Waals surface area contributed by atoms with E-state index in [2.05, 4.69) is 22.2 Å². The molecule has 3 heteroatoms. The molecule has 3 nitrogen and oxygen atoms in total. The fourth-order valence-electron chi connectivity index (χ4n) is 4.35. The van der Waals surface area contributed by atoms with Crippen LogP contribution in [0.25, 0.3) is 0 Å². The highest BCUT2D eigenvalue weighted by Gasteiger charge is 2.37. The normalized spacial score (nSPS) is 30.8. The third-order valence-corrected chi connectivity index (χ3v) is 6.04. The van der Waals surface area contributed by atoms with Crippen molar-refractivity contribution in [1.82, 2.24) is 9.80 Å². The smallest absolute Gasteiger partial charge is 0.0758 e. The Morgan fingerprint density at radius 3 is 2.16 bits per heavy atom. The maximum absolute atomic E-state index is 2.78. The molecule has 110 valence electrons. The first-order valence-corrected chi connectivity index (χ1v) is 8.48. The van der Waals surface area contributed by atoms with Crippen molar-refractivity contribution in [3.63, 3.8) is 0 Å². The van der Waals surface area contributed by atoms with Crippen LogP contribution in [-0.2, 0) is 0 Å². The van der Waals surface area contributed by atoms with E-state index in [0.717, 1.165) is 11.3 Å². The van der Waals surface area contributed by atoms with Crippen LogP contribution in [0.15, 0.2) is 0 Å². The lowest BCUT2D eigenvalue weighted by molar-refractivity contribution is -0.664. The number of quaternary nitrogens is 1. The lowest BCUT2D eigenvalue weighted by Gasteiger charge is -2.47. The first kappa shape index (κ1) is 13.8. The van der Waals surface area contributed by atoms with Gasteiger partial charge in [0.15, 0.2) is 0 Å². The van der Waals surface area contributed by atoms with Crippen molar-refractivity contribution in [2.75, 3.05) is 52.9 Å². The fourth-order valence-corrected chi connectivity index (χ4v) is 4.35. The zero-order valence-electron chi connectivity index (χ0n) is 12.7.